The predicted molar refractivity (Wildman–Crippen MR) is 64.5 cm³/mol. The third-order valence-electron chi connectivity index (χ3n) is 2.81. The average Bonchev–Trinajstić information content (AvgIpc) is 2.39. The fraction of sp³-hybridized carbons (Fsp3) is 0.500. The van der Waals surface area contributed by atoms with Crippen molar-refractivity contribution in [1.82, 2.24) is 10.2 Å². The summed E-state index contributed by atoms with van der Waals surface area (Å²) in [7, 11) is 1.84. The molecule has 1 amide bonds. The minimum atomic E-state index is -0.457. The molecule has 18 heavy (non-hydrogen) atoms. The number of morpholine rings is 1. The zero-order valence-corrected chi connectivity index (χ0v) is 10.2. The fourth-order valence-corrected chi connectivity index (χ4v) is 1.92. The van der Waals surface area contributed by atoms with Crippen molar-refractivity contribution < 1.29 is 13.9 Å². The third kappa shape index (κ3) is 2.96. The number of nitrogens with one attached hydrogen (secondary N) is 1. The van der Waals surface area contributed by atoms with E-state index >= 15 is 0 Å². The monoisotopic (exact) mass is 252 g/mol. The summed E-state index contributed by atoms with van der Waals surface area (Å²) in [4.78, 5) is 24.7. The number of ether oxygens (including phenoxy) is 1. The van der Waals surface area contributed by atoms with E-state index in [2.05, 4.69) is 5.32 Å². The second-order valence-corrected chi connectivity index (χ2v) is 4.15. The first-order valence-electron chi connectivity index (χ1n) is 5.85. The smallest absolute Gasteiger partial charge is 0.335 e. The molecule has 1 aromatic heterocycles. The molecular weight excluding hydrogens is 236 g/mol. The molecule has 0 aromatic carbocycles. The molecule has 0 spiro atoms. The van der Waals surface area contributed by atoms with Gasteiger partial charge in [0, 0.05) is 25.7 Å². The molecule has 0 saturated carbocycles. The van der Waals surface area contributed by atoms with E-state index < -0.39 is 5.63 Å². The molecular formula is C12H16N2O4. The standard InChI is InChI=1S/C12H16N2O4/c1-13-6-10-7-14(4-5-17-10)12(16)9-2-3-11(15)18-8-9/h2-3,8,10,13H,4-7H2,1H3. The Bertz CT molecular complexity index is 449. The highest BCUT2D eigenvalue weighted by atomic mass is 16.5. The van der Waals surface area contributed by atoms with E-state index in [0.29, 0.717) is 31.8 Å². The molecule has 1 aliphatic rings. The minimum Gasteiger partial charge on any atom is -0.430 e. The predicted octanol–water partition coefficient (Wildman–Crippen LogP) is -0.300. The van der Waals surface area contributed by atoms with Crippen LogP contribution in [0.2, 0.25) is 0 Å². The van der Waals surface area contributed by atoms with Gasteiger partial charge >= 0.3 is 5.63 Å². The lowest BCUT2D eigenvalue weighted by Gasteiger charge is -2.32. The van der Waals surface area contributed by atoms with Crippen molar-refractivity contribution in [1.29, 1.82) is 0 Å². The maximum Gasteiger partial charge on any atom is 0.335 e. The normalized spacial score (nSPS) is 19.8. The highest BCUT2D eigenvalue weighted by Gasteiger charge is 2.24. The Balaban J connectivity index is 2.04. The second-order valence-electron chi connectivity index (χ2n) is 4.15. The van der Waals surface area contributed by atoms with Crippen LogP contribution in [0.1, 0.15) is 10.4 Å². The van der Waals surface area contributed by atoms with Crippen LogP contribution in [0.25, 0.3) is 0 Å². The Morgan fingerprint density at radius 3 is 3.06 bits per heavy atom. The molecule has 1 aliphatic heterocycles. The fourth-order valence-electron chi connectivity index (χ4n) is 1.92. The summed E-state index contributed by atoms with van der Waals surface area (Å²) in [6, 6.07) is 2.73. The van der Waals surface area contributed by atoms with E-state index in [9.17, 15) is 9.59 Å². The number of hydrogen-bond donors (Lipinski definition) is 1. The van der Waals surface area contributed by atoms with Crippen LogP contribution < -0.4 is 10.9 Å². The molecule has 0 aliphatic carbocycles. The van der Waals surface area contributed by atoms with Gasteiger partial charge < -0.3 is 19.4 Å². The molecule has 1 saturated heterocycles. The molecule has 0 bridgehead atoms. The number of nitrogens with zero attached hydrogens (tertiary/aromatic N) is 1. The maximum atomic E-state index is 12.1. The largest absolute Gasteiger partial charge is 0.430 e. The maximum absolute atomic E-state index is 12.1. The quantitative estimate of drug-likeness (QED) is 0.799. The lowest BCUT2D eigenvalue weighted by atomic mass is 10.2. The number of amides is 1. The molecule has 1 aromatic rings. The molecule has 1 fully saturated rings. The molecule has 6 heteroatoms. The number of carbonyl (C=O) groups is 1. The summed E-state index contributed by atoms with van der Waals surface area (Å²) in [5.41, 5.74) is -0.0682. The molecule has 1 unspecified atom stereocenters. The van der Waals surface area contributed by atoms with Crippen molar-refractivity contribution in [3.63, 3.8) is 0 Å². The Kier molecular flexibility index (Phi) is 4.11. The van der Waals surface area contributed by atoms with Crippen molar-refractivity contribution in [3.8, 4) is 0 Å². The van der Waals surface area contributed by atoms with Crippen LogP contribution in [0.5, 0.6) is 0 Å². The highest BCUT2D eigenvalue weighted by molar-refractivity contribution is 5.93. The van der Waals surface area contributed by atoms with Gasteiger partial charge in [0.2, 0.25) is 0 Å². The zero-order chi connectivity index (χ0) is 13.0. The molecule has 2 rings (SSSR count). The molecule has 6 nitrogen and oxygen atoms in total. The average molecular weight is 252 g/mol. The van der Waals surface area contributed by atoms with Crippen molar-refractivity contribution in [2.75, 3.05) is 33.3 Å². The van der Waals surface area contributed by atoms with Gasteiger partial charge in [0.05, 0.1) is 18.3 Å². The van der Waals surface area contributed by atoms with E-state index in [-0.39, 0.29) is 12.0 Å². The van der Waals surface area contributed by atoms with E-state index in [4.69, 9.17) is 9.15 Å². The van der Waals surface area contributed by atoms with Gasteiger partial charge in [0.15, 0.2) is 0 Å². The van der Waals surface area contributed by atoms with Crippen molar-refractivity contribution >= 4 is 5.91 Å². The number of hydrogen-bond acceptors (Lipinski definition) is 5. The Labute approximate surface area is 105 Å². The van der Waals surface area contributed by atoms with Crippen LogP contribution in [-0.2, 0) is 4.74 Å². The van der Waals surface area contributed by atoms with Gasteiger partial charge in [-0.05, 0) is 13.1 Å². The van der Waals surface area contributed by atoms with Gasteiger partial charge in [-0.1, -0.05) is 0 Å². The third-order valence-corrected chi connectivity index (χ3v) is 2.81. The molecule has 0 radical (unpaired) electrons. The lowest BCUT2D eigenvalue weighted by Crippen LogP contribution is -2.48. The van der Waals surface area contributed by atoms with Crippen LogP contribution in [-0.4, -0.2) is 50.2 Å². The second kappa shape index (κ2) is 5.79. The van der Waals surface area contributed by atoms with Crippen LogP contribution >= 0.6 is 0 Å². The van der Waals surface area contributed by atoms with Crippen LogP contribution in [0, 0.1) is 0 Å². The summed E-state index contributed by atoms with van der Waals surface area (Å²) in [5.74, 6) is -0.136. The summed E-state index contributed by atoms with van der Waals surface area (Å²) in [6.45, 7) is 2.32. The molecule has 98 valence electrons. The number of rotatable bonds is 3. The van der Waals surface area contributed by atoms with Crippen molar-refractivity contribution in [3.05, 3.63) is 34.4 Å². The lowest BCUT2D eigenvalue weighted by molar-refractivity contribution is -0.0197. The Morgan fingerprint density at radius 1 is 1.56 bits per heavy atom. The summed E-state index contributed by atoms with van der Waals surface area (Å²) >= 11 is 0. The Hall–Kier alpha value is -1.66. The van der Waals surface area contributed by atoms with E-state index in [0.717, 1.165) is 0 Å². The first-order chi connectivity index (χ1) is 8.70. The summed E-state index contributed by atoms with van der Waals surface area (Å²) < 4.78 is 10.2. The van der Waals surface area contributed by atoms with E-state index in [1.54, 1.807) is 4.90 Å². The zero-order valence-electron chi connectivity index (χ0n) is 10.2. The number of carbonyl (C=O) groups excluding carboxylic acids is 1. The minimum absolute atomic E-state index is 0.00317. The van der Waals surface area contributed by atoms with Crippen molar-refractivity contribution in [2.45, 2.75) is 6.10 Å². The van der Waals surface area contributed by atoms with Gasteiger partial charge in [0.1, 0.15) is 6.26 Å². The Morgan fingerprint density at radius 2 is 2.39 bits per heavy atom. The highest BCUT2D eigenvalue weighted by Crippen LogP contribution is 2.09. The van der Waals surface area contributed by atoms with Gasteiger partial charge in [-0.15, -0.1) is 0 Å². The first kappa shape index (κ1) is 12.8. The van der Waals surface area contributed by atoms with Crippen LogP contribution in [0.4, 0.5) is 0 Å². The summed E-state index contributed by atoms with van der Waals surface area (Å²) in [6.07, 6.45) is 1.20. The molecule has 1 N–H and O–H groups in total. The van der Waals surface area contributed by atoms with Gasteiger partial charge in [0.25, 0.3) is 5.91 Å². The van der Waals surface area contributed by atoms with E-state index in [1.807, 2.05) is 7.05 Å². The topological polar surface area (TPSA) is 71.8 Å². The van der Waals surface area contributed by atoms with E-state index in [1.165, 1.54) is 18.4 Å². The van der Waals surface area contributed by atoms with Crippen LogP contribution in [0.3, 0.4) is 0 Å². The number of likely N-dealkylation sites (N-methyl/N-ethyl adjacent to an activating group) is 1. The first-order valence-corrected chi connectivity index (χ1v) is 5.85. The van der Waals surface area contributed by atoms with Gasteiger partial charge in [-0.3, -0.25) is 4.79 Å². The van der Waals surface area contributed by atoms with Crippen molar-refractivity contribution in [2.24, 2.45) is 0 Å². The summed E-state index contributed by atoms with van der Waals surface area (Å²) in [5, 5.41) is 3.02. The van der Waals surface area contributed by atoms with Crippen LogP contribution in [0.15, 0.2) is 27.6 Å². The van der Waals surface area contributed by atoms with Gasteiger partial charge in [-0.25, -0.2) is 4.79 Å². The SMILES string of the molecule is CNCC1CN(C(=O)c2ccc(=O)oc2)CCO1. The van der Waals surface area contributed by atoms with Gasteiger partial charge in [-0.2, -0.15) is 0 Å². The molecule has 2 heterocycles. The molecule has 1 atom stereocenters.